The van der Waals surface area contributed by atoms with Gasteiger partial charge in [-0.25, -0.2) is 0 Å². The van der Waals surface area contributed by atoms with Gasteiger partial charge in [0.15, 0.2) is 0 Å². The van der Waals surface area contributed by atoms with E-state index in [2.05, 4.69) is 18.8 Å². The first-order valence-corrected chi connectivity index (χ1v) is 6.80. The number of pyridine rings is 1. The molecule has 0 aromatic carbocycles. The summed E-state index contributed by atoms with van der Waals surface area (Å²) < 4.78 is 6.05. The van der Waals surface area contributed by atoms with Gasteiger partial charge in [0.05, 0.1) is 12.0 Å². The van der Waals surface area contributed by atoms with Gasteiger partial charge in [-0.2, -0.15) is 0 Å². The largest absolute Gasteiger partial charge is 0.490 e. The molecule has 0 spiro atoms. The van der Waals surface area contributed by atoms with Gasteiger partial charge in [-0.15, -0.1) is 11.6 Å². The molecule has 1 heterocycles. The lowest BCUT2D eigenvalue weighted by Gasteiger charge is -2.34. The SMILES string of the molecule is CC1(C)CCC(Oc2ccncc2CCl)CC1. The number of hydrogen-bond donors (Lipinski definition) is 0. The van der Waals surface area contributed by atoms with Crippen LogP contribution in [0.3, 0.4) is 0 Å². The summed E-state index contributed by atoms with van der Waals surface area (Å²) in [5.41, 5.74) is 1.46. The first kappa shape index (κ1) is 12.7. The van der Waals surface area contributed by atoms with Crippen LogP contribution in [0.5, 0.6) is 5.75 Å². The van der Waals surface area contributed by atoms with Crippen LogP contribution in [0, 0.1) is 5.41 Å². The van der Waals surface area contributed by atoms with Crippen molar-refractivity contribution in [3.05, 3.63) is 24.0 Å². The van der Waals surface area contributed by atoms with Gasteiger partial charge in [0.2, 0.25) is 0 Å². The maximum Gasteiger partial charge on any atom is 0.127 e. The van der Waals surface area contributed by atoms with Crippen molar-refractivity contribution >= 4 is 11.6 Å². The quantitative estimate of drug-likeness (QED) is 0.755. The summed E-state index contributed by atoms with van der Waals surface area (Å²) in [5.74, 6) is 1.36. The van der Waals surface area contributed by atoms with Crippen molar-refractivity contribution in [3.63, 3.8) is 0 Å². The number of rotatable bonds is 3. The third-order valence-electron chi connectivity index (χ3n) is 3.58. The highest BCUT2D eigenvalue weighted by molar-refractivity contribution is 6.17. The fourth-order valence-corrected chi connectivity index (χ4v) is 2.50. The predicted octanol–water partition coefficient (Wildman–Crippen LogP) is 4.17. The number of nitrogens with zero attached hydrogens (tertiary/aromatic N) is 1. The summed E-state index contributed by atoms with van der Waals surface area (Å²) >= 11 is 5.88. The average Bonchev–Trinajstić information content (AvgIpc) is 2.32. The average molecular weight is 254 g/mol. The molecule has 0 radical (unpaired) electrons. The predicted molar refractivity (Wildman–Crippen MR) is 70.5 cm³/mol. The maximum atomic E-state index is 6.05. The number of halogens is 1. The minimum atomic E-state index is 0.340. The molecule has 3 heteroatoms. The lowest BCUT2D eigenvalue weighted by atomic mass is 9.76. The molecule has 2 rings (SSSR count). The lowest BCUT2D eigenvalue weighted by molar-refractivity contribution is 0.0980. The van der Waals surface area contributed by atoms with E-state index in [1.54, 1.807) is 12.4 Å². The van der Waals surface area contributed by atoms with E-state index in [0.717, 1.165) is 24.2 Å². The van der Waals surface area contributed by atoms with Crippen molar-refractivity contribution in [1.29, 1.82) is 0 Å². The molecule has 1 fully saturated rings. The maximum absolute atomic E-state index is 6.05. The number of hydrogen-bond acceptors (Lipinski definition) is 2. The Morgan fingerprint density at radius 3 is 2.76 bits per heavy atom. The number of ether oxygens (including phenoxy) is 1. The highest BCUT2D eigenvalue weighted by atomic mass is 35.5. The number of alkyl halides is 1. The zero-order chi connectivity index (χ0) is 12.3. The van der Waals surface area contributed by atoms with Crippen LogP contribution in [0.25, 0.3) is 0 Å². The topological polar surface area (TPSA) is 22.1 Å². The van der Waals surface area contributed by atoms with E-state index in [0.29, 0.717) is 17.4 Å². The van der Waals surface area contributed by atoms with Crippen molar-refractivity contribution in [2.45, 2.75) is 51.5 Å². The smallest absolute Gasteiger partial charge is 0.127 e. The van der Waals surface area contributed by atoms with E-state index in [4.69, 9.17) is 16.3 Å². The molecule has 0 saturated heterocycles. The summed E-state index contributed by atoms with van der Waals surface area (Å²) in [7, 11) is 0. The Bertz CT molecular complexity index is 368. The summed E-state index contributed by atoms with van der Waals surface area (Å²) in [6.45, 7) is 4.67. The molecule has 0 amide bonds. The van der Waals surface area contributed by atoms with E-state index < -0.39 is 0 Å². The van der Waals surface area contributed by atoms with Crippen LogP contribution in [-0.2, 0) is 5.88 Å². The molecule has 0 unspecified atom stereocenters. The van der Waals surface area contributed by atoms with Gasteiger partial charge < -0.3 is 4.74 Å². The Morgan fingerprint density at radius 1 is 1.41 bits per heavy atom. The Balaban J connectivity index is 1.98. The minimum absolute atomic E-state index is 0.340. The molecule has 1 aromatic rings. The molecule has 0 N–H and O–H groups in total. The van der Waals surface area contributed by atoms with Gasteiger partial charge in [-0.1, -0.05) is 13.8 Å². The van der Waals surface area contributed by atoms with Gasteiger partial charge >= 0.3 is 0 Å². The molecule has 1 saturated carbocycles. The van der Waals surface area contributed by atoms with Gasteiger partial charge in [-0.3, -0.25) is 4.98 Å². The Hall–Kier alpha value is -0.760. The third-order valence-corrected chi connectivity index (χ3v) is 3.87. The van der Waals surface area contributed by atoms with Crippen LogP contribution in [-0.4, -0.2) is 11.1 Å². The second-order valence-electron chi connectivity index (χ2n) is 5.60. The van der Waals surface area contributed by atoms with Gasteiger partial charge in [0, 0.05) is 18.0 Å². The zero-order valence-electron chi connectivity index (χ0n) is 10.6. The second kappa shape index (κ2) is 5.26. The van der Waals surface area contributed by atoms with E-state index in [-0.39, 0.29) is 0 Å². The molecular weight excluding hydrogens is 234 g/mol. The molecule has 0 aliphatic heterocycles. The van der Waals surface area contributed by atoms with Crippen molar-refractivity contribution < 1.29 is 4.74 Å². The fraction of sp³-hybridized carbons (Fsp3) is 0.643. The molecular formula is C14H20ClNO. The molecule has 2 nitrogen and oxygen atoms in total. The van der Waals surface area contributed by atoms with Crippen LogP contribution < -0.4 is 4.74 Å². The van der Waals surface area contributed by atoms with Gasteiger partial charge in [0.25, 0.3) is 0 Å². The van der Waals surface area contributed by atoms with Crippen molar-refractivity contribution in [2.24, 2.45) is 5.41 Å². The number of aromatic nitrogens is 1. The molecule has 1 aliphatic carbocycles. The third kappa shape index (κ3) is 3.35. The zero-order valence-corrected chi connectivity index (χ0v) is 11.3. The molecule has 17 heavy (non-hydrogen) atoms. The fourth-order valence-electron chi connectivity index (χ4n) is 2.30. The molecule has 0 bridgehead atoms. The van der Waals surface area contributed by atoms with Gasteiger partial charge in [-0.05, 0) is 37.2 Å². The van der Waals surface area contributed by atoms with Crippen LogP contribution in [0.4, 0.5) is 0 Å². The van der Waals surface area contributed by atoms with E-state index in [1.165, 1.54) is 12.8 Å². The molecule has 1 aromatic heterocycles. The van der Waals surface area contributed by atoms with Crippen LogP contribution in [0.1, 0.15) is 45.1 Å². The van der Waals surface area contributed by atoms with Gasteiger partial charge in [0.1, 0.15) is 5.75 Å². The molecule has 1 aliphatic rings. The van der Waals surface area contributed by atoms with Crippen LogP contribution in [0.15, 0.2) is 18.5 Å². The molecule has 94 valence electrons. The summed E-state index contributed by atoms with van der Waals surface area (Å²) in [4.78, 5) is 4.07. The summed E-state index contributed by atoms with van der Waals surface area (Å²) in [6, 6.07) is 1.91. The Kier molecular flexibility index (Phi) is 3.93. The minimum Gasteiger partial charge on any atom is -0.490 e. The highest BCUT2D eigenvalue weighted by Crippen LogP contribution is 2.37. The van der Waals surface area contributed by atoms with E-state index >= 15 is 0 Å². The van der Waals surface area contributed by atoms with Crippen molar-refractivity contribution in [2.75, 3.05) is 0 Å². The second-order valence-corrected chi connectivity index (χ2v) is 5.87. The van der Waals surface area contributed by atoms with E-state index in [9.17, 15) is 0 Å². The van der Waals surface area contributed by atoms with Crippen LogP contribution >= 0.6 is 11.6 Å². The normalized spacial score (nSPS) is 20.2. The first-order valence-electron chi connectivity index (χ1n) is 6.26. The highest BCUT2D eigenvalue weighted by Gasteiger charge is 2.28. The summed E-state index contributed by atoms with van der Waals surface area (Å²) in [5, 5.41) is 0. The monoisotopic (exact) mass is 253 g/mol. The Morgan fingerprint density at radius 2 is 2.12 bits per heavy atom. The van der Waals surface area contributed by atoms with Crippen molar-refractivity contribution in [1.82, 2.24) is 4.98 Å². The Labute approximate surface area is 108 Å². The van der Waals surface area contributed by atoms with Crippen LogP contribution in [0.2, 0.25) is 0 Å². The van der Waals surface area contributed by atoms with E-state index in [1.807, 2.05) is 6.07 Å². The standard InChI is InChI=1S/C14H20ClNO/c1-14(2)6-3-12(4-7-14)17-13-5-8-16-10-11(13)9-15/h5,8,10,12H,3-4,6-7,9H2,1-2H3. The van der Waals surface area contributed by atoms with Crippen molar-refractivity contribution in [3.8, 4) is 5.75 Å². The molecule has 0 atom stereocenters. The summed E-state index contributed by atoms with van der Waals surface area (Å²) in [6.07, 6.45) is 8.63. The lowest BCUT2D eigenvalue weighted by Crippen LogP contribution is -2.28. The first-order chi connectivity index (χ1) is 8.11.